The number of fused-ring (bicyclic) bond motifs is 1. The van der Waals surface area contributed by atoms with E-state index in [-0.39, 0.29) is 22.1 Å². The van der Waals surface area contributed by atoms with Gasteiger partial charge in [0.05, 0.1) is 16.3 Å². The van der Waals surface area contributed by atoms with Gasteiger partial charge in [-0.2, -0.15) is 0 Å². The Morgan fingerprint density at radius 3 is 2.34 bits per heavy atom. The molecule has 1 fully saturated rings. The van der Waals surface area contributed by atoms with Crippen LogP contribution in [0, 0.1) is 5.82 Å². The first-order chi connectivity index (χ1) is 17.5. The molecule has 4 rings (SSSR count). The van der Waals surface area contributed by atoms with Crippen LogP contribution in [-0.2, 0) is 10.2 Å². The number of rotatable bonds is 2. The predicted molar refractivity (Wildman–Crippen MR) is 146 cm³/mol. The largest absolute Gasteiger partial charge is 0.449 e. The van der Waals surface area contributed by atoms with Gasteiger partial charge in [0.25, 0.3) is 5.91 Å². The van der Waals surface area contributed by atoms with Crippen molar-refractivity contribution in [3.63, 3.8) is 0 Å². The van der Waals surface area contributed by atoms with Crippen LogP contribution in [0.2, 0.25) is 5.02 Å². The summed E-state index contributed by atoms with van der Waals surface area (Å²) in [5, 5.41) is 0.0384. The summed E-state index contributed by atoms with van der Waals surface area (Å²) >= 11 is 5.88. The van der Waals surface area contributed by atoms with Gasteiger partial charge in [-0.25, -0.2) is 14.2 Å². The number of halogens is 2. The molecule has 0 radical (unpaired) electrons. The van der Waals surface area contributed by atoms with E-state index in [0.29, 0.717) is 42.0 Å². The lowest BCUT2D eigenvalue weighted by Crippen LogP contribution is -2.62. The zero-order valence-electron chi connectivity index (χ0n) is 23.2. The zero-order chi connectivity index (χ0) is 28.2. The third kappa shape index (κ3) is 5.65. The minimum atomic E-state index is -0.655. The van der Waals surface area contributed by atoms with Crippen molar-refractivity contribution in [2.75, 3.05) is 19.6 Å². The second kappa shape index (κ2) is 9.56. The van der Waals surface area contributed by atoms with Crippen molar-refractivity contribution in [2.45, 2.75) is 71.9 Å². The SMILES string of the molecule is CC(C)(C)OC(=O)N1CCN(C(=O)c2cc3nc(-c4ccc(Cl)c(F)c4)cc(C(C)(C)C)c3o2)C(C)(C)C1. The minimum Gasteiger partial charge on any atom is -0.449 e. The molecule has 0 bridgehead atoms. The first-order valence-electron chi connectivity index (χ1n) is 12.7. The fourth-order valence-electron chi connectivity index (χ4n) is 4.63. The number of carbonyl (C=O) groups is 2. The summed E-state index contributed by atoms with van der Waals surface area (Å²) in [6.07, 6.45) is -0.397. The number of piperazine rings is 1. The predicted octanol–water partition coefficient (Wildman–Crippen LogP) is 7.06. The molecule has 38 heavy (non-hydrogen) atoms. The molecule has 1 saturated heterocycles. The highest BCUT2D eigenvalue weighted by Gasteiger charge is 2.41. The molecule has 0 saturated carbocycles. The van der Waals surface area contributed by atoms with Crippen molar-refractivity contribution >= 4 is 34.7 Å². The number of hydrogen-bond donors (Lipinski definition) is 0. The summed E-state index contributed by atoms with van der Waals surface area (Å²) in [5.41, 5.74) is 1.42. The highest BCUT2D eigenvalue weighted by Crippen LogP contribution is 2.36. The maximum Gasteiger partial charge on any atom is 0.410 e. The van der Waals surface area contributed by atoms with E-state index in [4.69, 9.17) is 25.7 Å². The van der Waals surface area contributed by atoms with E-state index in [1.807, 2.05) is 61.5 Å². The van der Waals surface area contributed by atoms with Crippen LogP contribution in [0.5, 0.6) is 0 Å². The van der Waals surface area contributed by atoms with E-state index in [0.717, 1.165) is 5.56 Å². The molecule has 0 spiro atoms. The number of benzene rings is 1. The van der Waals surface area contributed by atoms with Gasteiger partial charge in [-0.15, -0.1) is 0 Å². The molecule has 2 amide bonds. The van der Waals surface area contributed by atoms with Crippen LogP contribution in [0.4, 0.5) is 9.18 Å². The third-order valence-corrected chi connectivity index (χ3v) is 6.82. The summed E-state index contributed by atoms with van der Waals surface area (Å²) in [7, 11) is 0. The molecule has 1 aliphatic rings. The molecule has 2 aromatic heterocycles. The number of ether oxygens (including phenoxy) is 1. The van der Waals surface area contributed by atoms with E-state index < -0.39 is 23.1 Å². The maximum atomic E-state index is 14.2. The first-order valence-corrected chi connectivity index (χ1v) is 13.0. The molecule has 7 nitrogen and oxygen atoms in total. The highest BCUT2D eigenvalue weighted by molar-refractivity contribution is 6.30. The monoisotopic (exact) mass is 543 g/mol. The minimum absolute atomic E-state index is 0.0384. The van der Waals surface area contributed by atoms with Gasteiger partial charge >= 0.3 is 6.09 Å². The maximum absolute atomic E-state index is 14.2. The summed E-state index contributed by atoms with van der Waals surface area (Å²) < 4.78 is 25.9. The van der Waals surface area contributed by atoms with Crippen molar-refractivity contribution < 1.29 is 23.1 Å². The molecule has 3 aromatic rings. The van der Waals surface area contributed by atoms with E-state index in [2.05, 4.69) is 0 Å². The molecule has 3 heterocycles. The highest BCUT2D eigenvalue weighted by atomic mass is 35.5. The molecular weight excluding hydrogens is 509 g/mol. The standard InChI is InChI=1S/C29H35ClFN3O4/c1-27(2,3)18-14-21(17-9-10-19(30)20(31)13-17)32-22-15-23(37-24(18)22)25(35)34-12-11-33(16-29(34,7)8)26(36)38-28(4,5)6/h9-10,13-15H,11-12,16H2,1-8H3. The lowest BCUT2D eigenvalue weighted by molar-refractivity contribution is -0.0117. The van der Waals surface area contributed by atoms with E-state index in [1.165, 1.54) is 12.1 Å². The molecule has 1 aliphatic heterocycles. The van der Waals surface area contributed by atoms with Crippen LogP contribution in [0.25, 0.3) is 22.4 Å². The van der Waals surface area contributed by atoms with Crippen LogP contribution in [-0.4, -0.2) is 57.6 Å². The van der Waals surface area contributed by atoms with Gasteiger partial charge < -0.3 is 19.0 Å². The average Bonchev–Trinajstić information content (AvgIpc) is 3.21. The van der Waals surface area contributed by atoms with Crippen LogP contribution in [0.15, 0.2) is 34.7 Å². The Kier molecular flexibility index (Phi) is 7.02. The van der Waals surface area contributed by atoms with Crippen molar-refractivity contribution in [3.05, 3.63) is 52.5 Å². The lowest BCUT2D eigenvalue weighted by Gasteiger charge is -2.46. The molecule has 0 aliphatic carbocycles. The Bertz CT molecular complexity index is 1400. The summed E-state index contributed by atoms with van der Waals surface area (Å²) in [6, 6.07) is 8.07. The Morgan fingerprint density at radius 2 is 1.76 bits per heavy atom. The van der Waals surface area contributed by atoms with Crippen molar-refractivity contribution in [1.29, 1.82) is 0 Å². The van der Waals surface area contributed by atoms with Gasteiger partial charge in [-0.1, -0.05) is 38.4 Å². The van der Waals surface area contributed by atoms with Gasteiger partial charge in [0.15, 0.2) is 11.3 Å². The van der Waals surface area contributed by atoms with Crippen molar-refractivity contribution in [3.8, 4) is 11.3 Å². The van der Waals surface area contributed by atoms with Crippen molar-refractivity contribution in [2.24, 2.45) is 0 Å². The average molecular weight is 544 g/mol. The van der Waals surface area contributed by atoms with Crippen LogP contribution >= 0.6 is 11.6 Å². The number of pyridine rings is 1. The third-order valence-electron chi connectivity index (χ3n) is 6.51. The molecule has 1 aromatic carbocycles. The topological polar surface area (TPSA) is 75.9 Å². The first kappa shape index (κ1) is 27.9. The number of furan rings is 1. The zero-order valence-corrected chi connectivity index (χ0v) is 24.0. The van der Waals surface area contributed by atoms with E-state index >= 15 is 0 Å². The molecule has 0 atom stereocenters. The second-order valence-corrected chi connectivity index (χ2v) is 12.8. The van der Waals surface area contributed by atoms with Crippen LogP contribution in [0.1, 0.15) is 71.5 Å². The number of aromatic nitrogens is 1. The van der Waals surface area contributed by atoms with Gasteiger partial charge in [-0.05, 0) is 58.2 Å². The fraction of sp³-hybridized carbons (Fsp3) is 0.483. The van der Waals surface area contributed by atoms with Crippen LogP contribution < -0.4 is 0 Å². The van der Waals surface area contributed by atoms with E-state index in [1.54, 1.807) is 21.9 Å². The van der Waals surface area contributed by atoms with Crippen molar-refractivity contribution in [1.82, 2.24) is 14.8 Å². The molecule has 9 heteroatoms. The Hall–Kier alpha value is -3.13. The second-order valence-electron chi connectivity index (χ2n) is 12.4. The normalized spacial score (nSPS) is 16.2. The Balaban J connectivity index is 1.68. The number of nitrogens with zero attached hydrogens (tertiary/aromatic N) is 3. The quantitative estimate of drug-likeness (QED) is 0.346. The summed E-state index contributed by atoms with van der Waals surface area (Å²) in [6.45, 7) is 16.4. The van der Waals surface area contributed by atoms with Gasteiger partial charge in [0.2, 0.25) is 0 Å². The van der Waals surface area contributed by atoms with Gasteiger partial charge in [-0.3, -0.25) is 4.79 Å². The number of hydrogen-bond acceptors (Lipinski definition) is 5. The van der Waals surface area contributed by atoms with Gasteiger partial charge in [0, 0.05) is 36.8 Å². The van der Waals surface area contributed by atoms with Gasteiger partial charge in [0.1, 0.15) is 16.9 Å². The number of carbonyl (C=O) groups excluding carboxylic acids is 2. The Morgan fingerprint density at radius 1 is 1.08 bits per heavy atom. The number of amides is 2. The Labute approximate surface area is 227 Å². The summed E-state index contributed by atoms with van der Waals surface area (Å²) in [4.78, 5) is 34.4. The smallest absolute Gasteiger partial charge is 0.410 e. The molecule has 0 N–H and O–H groups in total. The lowest BCUT2D eigenvalue weighted by atomic mass is 9.86. The summed E-state index contributed by atoms with van der Waals surface area (Å²) in [5.74, 6) is -0.647. The van der Waals surface area contributed by atoms with E-state index in [9.17, 15) is 14.0 Å². The van der Waals surface area contributed by atoms with Crippen LogP contribution in [0.3, 0.4) is 0 Å². The fourth-order valence-corrected chi connectivity index (χ4v) is 4.75. The molecule has 204 valence electrons. The molecular formula is C29H35ClFN3O4. The molecule has 0 unspecified atom stereocenters.